The van der Waals surface area contributed by atoms with Gasteiger partial charge in [0, 0.05) is 22.0 Å². The lowest BCUT2D eigenvalue weighted by molar-refractivity contribution is 1.08. The van der Waals surface area contributed by atoms with Gasteiger partial charge in [0.05, 0.1) is 0 Å². The molecule has 1 nitrogen and oxygen atoms in total. The normalized spacial score (nSPS) is 10.4. The Labute approximate surface area is 92.1 Å². The Kier molecular flexibility index (Phi) is 2.87. The van der Waals surface area contributed by atoms with Crippen molar-refractivity contribution in [2.24, 2.45) is 5.73 Å². The predicted octanol–water partition coefficient (Wildman–Crippen LogP) is 3.53. The summed E-state index contributed by atoms with van der Waals surface area (Å²) in [6.45, 7) is 0.584. The fraction of sp³-hybridized carbons (Fsp3) is 0.0909. The summed E-state index contributed by atoms with van der Waals surface area (Å²) in [6.07, 6.45) is 0. The smallest absolute Gasteiger partial charge is 0.0492 e. The molecule has 1 aromatic heterocycles. The molecule has 0 radical (unpaired) electrons. The molecule has 14 heavy (non-hydrogen) atoms. The fourth-order valence-electron chi connectivity index (χ4n) is 1.28. The Morgan fingerprint density at radius 1 is 1.29 bits per heavy atom. The summed E-state index contributed by atoms with van der Waals surface area (Å²) in [6, 6.07) is 9.94. The van der Waals surface area contributed by atoms with Gasteiger partial charge < -0.3 is 5.73 Å². The lowest BCUT2D eigenvalue weighted by Gasteiger charge is -1.99. The predicted molar refractivity (Wildman–Crippen MR) is 62.7 cm³/mol. The molecular weight excluding hydrogens is 214 g/mol. The van der Waals surface area contributed by atoms with Crippen molar-refractivity contribution in [2.75, 3.05) is 0 Å². The van der Waals surface area contributed by atoms with Crippen LogP contribution in [0.15, 0.2) is 35.7 Å². The zero-order chi connectivity index (χ0) is 9.97. The van der Waals surface area contributed by atoms with Gasteiger partial charge in [-0.3, -0.25) is 0 Å². The Hall–Kier alpha value is -0.830. The standard InChI is InChI=1S/C11H10ClNS/c12-10-4-2-1-3-9(10)11-5-8(6-13)7-14-11/h1-5,7H,6,13H2. The second-order valence-electron chi connectivity index (χ2n) is 3.00. The Balaban J connectivity index is 2.44. The summed E-state index contributed by atoms with van der Waals surface area (Å²) in [5.41, 5.74) is 7.79. The van der Waals surface area contributed by atoms with Gasteiger partial charge in [-0.25, -0.2) is 0 Å². The maximum atomic E-state index is 6.09. The average molecular weight is 224 g/mol. The summed E-state index contributed by atoms with van der Waals surface area (Å²) >= 11 is 7.76. The maximum Gasteiger partial charge on any atom is 0.0492 e. The first-order chi connectivity index (χ1) is 6.81. The van der Waals surface area contributed by atoms with Gasteiger partial charge in [0.1, 0.15) is 0 Å². The molecule has 1 heterocycles. The molecule has 0 unspecified atom stereocenters. The van der Waals surface area contributed by atoms with Crippen LogP contribution in [0.25, 0.3) is 10.4 Å². The minimum absolute atomic E-state index is 0.584. The van der Waals surface area contributed by atoms with Gasteiger partial charge in [0.15, 0.2) is 0 Å². The van der Waals surface area contributed by atoms with E-state index in [2.05, 4.69) is 11.4 Å². The topological polar surface area (TPSA) is 26.0 Å². The second-order valence-corrected chi connectivity index (χ2v) is 4.32. The van der Waals surface area contributed by atoms with Gasteiger partial charge >= 0.3 is 0 Å². The van der Waals surface area contributed by atoms with E-state index in [1.54, 1.807) is 11.3 Å². The van der Waals surface area contributed by atoms with Crippen molar-refractivity contribution in [3.63, 3.8) is 0 Å². The van der Waals surface area contributed by atoms with Crippen molar-refractivity contribution < 1.29 is 0 Å². The Bertz CT molecular complexity index is 436. The summed E-state index contributed by atoms with van der Waals surface area (Å²) in [5, 5.41) is 2.86. The molecule has 0 atom stereocenters. The van der Waals surface area contributed by atoms with E-state index < -0.39 is 0 Å². The molecule has 0 aliphatic rings. The number of benzene rings is 1. The summed E-state index contributed by atoms with van der Waals surface area (Å²) < 4.78 is 0. The van der Waals surface area contributed by atoms with E-state index in [0.717, 1.165) is 16.1 Å². The molecule has 72 valence electrons. The first-order valence-electron chi connectivity index (χ1n) is 4.33. The highest BCUT2D eigenvalue weighted by Gasteiger charge is 2.04. The summed E-state index contributed by atoms with van der Waals surface area (Å²) in [5.74, 6) is 0. The van der Waals surface area contributed by atoms with Crippen molar-refractivity contribution in [2.45, 2.75) is 6.54 Å². The van der Waals surface area contributed by atoms with Crippen LogP contribution in [0.3, 0.4) is 0 Å². The molecule has 0 saturated carbocycles. The van der Waals surface area contributed by atoms with Crippen LogP contribution in [0.5, 0.6) is 0 Å². The first kappa shape index (κ1) is 9.71. The van der Waals surface area contributed by atoms with Crippen LogP contribution in [0.1, 0.15) is 5.56 Å². The van der Waals surface area contributed by atoms with E-state index in [-0.39, 0.29) is 0 Å². The van der Waals surface area contributed by atoms with Crippen molar-refractivity contribution in [1.29, 1.82) is 0 Å². The minimum Gasteiger partial charge on any atom is -0.326 e. The second kappa shape index (κ2) is 4.13. The number of thiophene rings is 1. The number of rotatable bonds is 2. The van der Waals surface area contributed by atoms with Gasteiger partial charge in [-0.1, -0.05) is 29.8 Å². The van der Waals surface area contributed by atoms with Gasteiger partial charge in [0.2, 0.25) is 0 Å². The summed E-state index contributed by atoms with van der Waals surface area (Å²) in [4.78, 5) is 1.18. The monoisotopic (exact) mass is 223 g/mol. The molecule has 0 aliphatic carbocycles. The van der Waals surface area contributed by atoms with Crippen LogP contribution in [0.2, 0.25) is 5.02 Å². The lowest BCUT2D eigenvalue weighted by atomic mass is 10.2. The van der Waals surface area contributed by atoms with Crippen LogP contribution in [0.4, 0.5) is 0 Å². The summed E-state index contributed by atoms with van der Waals surface area (Å²) in [7, 11) is 0. The molecule has 0 fully saturated rings. The number of halogens is 1. The van der Waals surface area contributed by atoms with E-state index in [1.165, 1.54) is 4.88 Å². The molecule has 2 N–H and O–H groups in total. The van der Waals surface area contributed by atoms with Gasteiger partial charge in [-0.05, 0) is 23.1 Å². The molecule has 2 aromatic rings. The molecule has 0 spiro atoms. The van der Waals surface area contributed by atoms with E-state index in [9.17, 15) is 0 Å². The number of hydrogen-bond acceptors (Lipinski definition) is 2. The van der Waals surface area contributed by atoms with Crippen molar-refractivity contribution in [3.05, 3.63) is 46.3 Å². The molecule has 3 heteroatoms. The Morgan fingerprint density at radius 2 is 2.07 bits per heavy atom. The van der Waals surface area contributed by atoms with Crippen molar-refractivity contribution in [1.82, 2.24) is 0 Å². The largest absolute Gasteiger partial charge is 0.326 e. The molecule has 0 aliphatic heterocycles. The van der Waals surface area contributed by atoms with Crippen LogP contribution in [-0.4, -0.2) is 0 Å². The molecule has 0 amide bonds. The molecule has 0 bridgehead atoms. The first-order valence-corrected chi connectivity index (χ1v) is 5.59. The van der Waals surface area contributed by atoms with E-state index in [1.807, 2.05) is 24.3 Å². The van der Waals surface area contributed by atoms with Gasteiger partial charge in [0.25, 0.3) is 0 Å². The highest BCUT2D eigenvalue weighted by atomic mass is 35.5. The number of hydrogen-bond donors (Lipinski definition) is 1. The third kappa shape index (κ3) is 1.82. The lowest BCUT2D eigenvalue weighted by Crippen LogP contribution is -1.92. The van der Waals surface area contributed by atoms with Crippen molar-refractivity contribution in [3.8, 4) is 10.4 Å². The zero-order valence-electron chi connectivity index (χ0n) is 7.53. The maximum absolute atomic E-state index is 6.09. The zero-order valence-corrected chi connectivity index (χ0v) is 9.11. The van der Waals surface area contributed by atoms with Crippen molar-refractivity contribution >= 4 is 22.9 Å². The van der Waals surface area contributed by atoms with E-state index >= 15 is 0 Å². The minimum atomic E-state index is 0.584. The molecular formula is C11H10ClNS. The quantitative estimate of drug-likeness (QED) is 0.828. The Morgan fingerprint density at radius 3 is 2.71 bits per heavy atom. The number of nitrogens with two attached hydrogens (primary N) is 1. The van der Waals surface area contributed by atoms with Gasteiger partial charge in [-0.15, -0.1) is 11.3 Å². The fourth-order valence-corrected chi connectivity index (χ4v) is 2.55. The molecule has 0 saturated heterocycles. The van der Waals surface area contributed by atoms with Crippen LogP contribution >= 0.6 is 22.9 Å². The third-order valence-corrected chi connectivity index (χ3v) is 3.37. The van der Waals surface area contributed by atoms with Crippen LogP contribution < -0.4 is 5.73 Å². The third-order valence-electron chi connectivity index (χ3n) is 2.03. The molecule has 2 rings (SSSR count). The van der Waals surface area contributed by atoms with Gasteiger partial charge in [-0.2, -0.15) is 0 Å². The van der Waals surface area contributed by atoms with Crippen LogP contribution in [0, 0.1) is 0 Å². The van der Waals surface area contributed by atoms with Crippen LogP contribution in [-0.2, 0) is 6.54 Å². The highest BCUT2D eigenvalue weighted by Crippen LogP contribution is 2.32. The van der Waals surface area contributed by atoms with E-state index in [4.69, 9.17) is 17.3 Å². The average Bonchev–Trinajstić information content (AvgIpc) is 2.67. The molecule has 1 aromatic carbocycles. The van der Waals surface area contributed by atoms with E-state index in [0.29, 0.717) is 6.54 Å². The SMILES string of the molecule is NCc1csc(-c2ccccc2Cl)c1. The highest BCUT2D eigenvalue weighted by molar-refractivity contribution is 7.13.